The highest BCUT2D eigenvalue weighted by Crippen LogP contribution is 2.06. The van der Waals surface area contributed by atoms with Gasteiger partial charge in [0.05, 0.1) is 6.20 Å². The molecule has 0 unspecified atom stereocenters. The lowest BCUT2D eigenvalue weighted by Gasteiger charge is -2.13. The average molecular weight is 222 g/mol. The van der Waals surface area contributed by atoms with Gasteiger partial charge in [-0.3, -0.25) is 4.68 Å². The number of aryl methyl sites for hydroxylation is 1. The molecule has 1 N–H and O–H groups in total. The standard InChI is InChI=1S/C12H22N4/c1-15-11-12(10-14-15)9-13-5-4-8-16-6-2-3-7-16/h10-11,13H,2-9H2,1H3. The Bertz CT molecular complexity index is 302. The van der Waals surface area contributed by atoms with E-state index >= 15 is 0 Å². The molecular formula is C12H22N4. The van der Waals surface area contributed by atoms with Gasteiger partial charge in [0.2, 0.25) is 0 Å². The molecule has 0 spiro atoms. The molecule has 4 nitrogen and oxygen atoms in total. The highest BCUT2D eigenvalue weighted by molar-refractivity contribution is 5.02. The van der Waals surface area contributed by atoms with E-state index in [1.54, 1.807) is 0 Å². The Morgan fingerprint density at radius 3 is 2.88 bits per heavy atom. The molecule has 4 heteroatoms. The van der Waals surface area contributed by atoms with Gasteiger partial charge in [0.15, 0.2) is 0 Å². The summed E-state index contributed by atoms with van der Waals surface area (Å²) in [5.74, 6) is 0. The van der Waals surface area contributed by atoms with Crippen molar-refractivity contribution in [3.63, 3.8) is 0 Å². The van der Waals surface area contributed by atoms with E-state index in [0.29, 0.717) is 0 Å². The van der Waals surface area contributed by atoms with Gasteiger partial charge < -0.3 is 10.2 Å². The Labute approximate surface area is 97.6 Å². The van der Waals surface area contributed by atoms with Gasteiger partial charge in [-0.15, -0.1) is 0 Å². The lowest BCUT2D eigenvalue weighted by atomic mass is 10.3. The fraction of sp³-hybridized carbons (Fsp3) is 0.750. The van der Waals surface area contributed by atoms with Crippen LogP contribution in [-0.2, 0) is 13.6 Å². The normalized spacial score (nSPS) is 17.1. The van der Waals surface area contributed by atoms with Gasteiger partial charge >= 0.3 is 0 Å². The maximum atomic E-state index is 4.15. The Morgan fingerprint density at radius 1 is 1.38 bits per heavy atom. The third-order valence-corrected chi connectivity index (χ3v) is 3.11. The quantitative estimate of drug-likeness (QED) is 0.729. The van der Waals surface area contributed by atoms with E-state index in [-0.39, 0.29) is 0 Å². The van der Waals surface area contributed by atoms with Gasteiger partial charge in [0, 0.05) is 25.4 Å². The Morgan fingerprint density at radius 2 is 2.19 bits per heavy atom. The zero-order valence-corrected chi connectivity index (χ0v) is 10.2. The minimum Gasteiger partial charge on any atom is -0.313 e. The van der Waals surface area contributed by atoms with E-state index in [9.17, 15) is 0 Å². The monoisotopic (exact) mass is 222 g/mol. The zero-order chi connectivity index (χ0) is 11.2. The SMILES string of the molecule is Cn1cc(CNCCCN2CCCC2)cn1. The topological polar surface area (TPSA) is 33.1 Å². The molecule has 1 saturated heterocycles. The summed E-state index contributed by atoms with van der Waals surface area (Å²) in [7, 11) is 1.96. The second-order valence-electron chi connectivity index (χ2n) is 4.60. The third-order valence-electron chi connectivity index (χ3n) is 3.11. The molecule has 1 aliphatic heterocycles. The van der Waals surface area contributed by atoms with Crippen LogP contribution in [0.5, 0.6) is 0 Å². The van der Waals surface area contributed by atoms with Crippen molar-refractivity contribution < 1.29 is 0 Å². The molecule has 1 aliphatic rings. The van der Waals surface area contributed by atoms with Crippen molar-refractivity contribution in [1.82, 2.24) is 20.0 Å². The molecule has 0 radical (unpaired) electrons. The van der Waals surface area contributed by atoms with Crippen molar-refractivity contribution in [2.75, 3.05) is 26.2 Å². The summed E-state index contributed by atoms with van der Waals surface area (Å²) >= 11 is 0. The van der Waals surface area contributed by atoms with Crippen molar-refractivity contribution in [2.45, 2.75) is 25.8 Å². The van der Waals surface area contributed by atoms with Crippen LogP contribution in [0, 0.1) is 0 Å². The van der Waals surface area contributed by atoms with E-state index in [1.165, 1.54) is 44.5 Å². The molecule has 2 heterocycles. The molecule has 1 aromatic rings. The minimum absolute atomic E-state index is 0.938. The number of hydrogen-bond donors (Lipinski definition) is 1. The minimum atomic E-state index is 0.938. The average Bonchev–Trinajstić information content (AvgIpc) is 2.89. The zero-order valence-electron chi connectivity index (χ0n) is 10.2. The van der Waals surface area contributed by atoms with Crippen LogP contribution in [0.4, 0.5) is 0 Å². The summed E-state index contributed by atoms with van der Waals surface area (Å²) < 4.78 is 1.85. The van der Waals surface area contributed by atoms with Crippen LogP contribution in [0.25, 0.3) is 0 Å². The van der Waals surface area contributed by atoms with E-state index in [4.69, 9.17) is 0 Å². The Balaban J connectivity index is 1.51. The van der Waals surface area contributed by atoms with E-state index in [2.05, 4.69) is 21.5 Å². The second-order valence-corrected chi connectivity index (χ2v) is 4.60. The molecular weight excluding hydrogens is 200 g/mol. The number of nitrogens with zero attached hydrogens (tertiary/aromatic N) is 3. The molecule has 1 fully saturated rings. The second kappa shape index (κ2) is 6.01. The molecule has 0 amide bonds. The summed E-state index contributed by atoms with van der Waals surface area (Å²) in [4.78, 5) is 2.56. The molecule has 0 bridgehead atoms. The van der Waals surface area contributed by atoms with Gasteiger partial charge in [-0.05, 0) is 45.4 Å². The summed E-state index contributed by atoms with van der Waals surface area (Å²) in [5, 5.41) is 7.61. The van der Waals surface area contributed by atoms with Crippen LogP contribution >= 0.6 is 0 Å². The van der Waals surface area contributed by atoms with Crippen molar-refractivity contribution in [3.05, 3.63) is 18.0 Å². The molecule has 2 rings (SSSR count). The number of nitrogens with one attached hydrogen (secondary N) is 1. The van der Waals surface area contributed by atoms with Gasteiger partial charge in [-0.1, -0.05) is 0 Å². The van der Waals surface area contributed by atoms with Crippen LogP contribution in [0.3, 0.4) is 0 Å². The van der Waals surface area contributed by atoms with Crippen LogP contribution in [-0.4, -0.2) is 40.9 Å². The Hall–Kier alpha value is -0.870. The first-order chi connectivity index (χ1) is 7.84. The van der Waals surface area contributed by atoms with Crippen LogP contribution in [0.2, 0.25) is 0 Å². The van der Waals surface area contributed by atoms with Crippen molar-refractivity contribution in [1.29, 1.82) is 0 Å². The maximum absolute atomic E-state index is 4.15. The predicted molar refractivity (Wildman–Crippen MR) is 65.2 cm³/mol. The van der Waals surface area contributed by atoms with Crippen molar-refractivity contribution in [2.24, 2.45) is 7.05 Å². The lowest BCUT2D eigenvalue weighted by molar-refractivity contribution is 0.331. The molecule has 0 saturated carbocycles. The highest BCUT2D eigenvalue weighted by atomic mass is 15.2. The highest BCUT2D eigenvalue weighted by Gasteiger charge is 2.09. The summed E-state index contributed by atoms with van der Waals surface area (Å²) in [6.07, 6.45) is 8.02. The number of likely N-dealkylation sites (tertiary alicyclic amines) is 1. The van der Waals surface area contributed by atoms with Crippen molar-refractivity contribution >= 4 is 0 Å². The molecule has 0 aliphatic carbocycles. The van der Waals surface area contributed by atoms with Crippen molar-refractivity contribution in [3.8, 4) is 0 Å². The first-order valence-corrected chi connectivity index (χ1v) is 6.25. The summed E-state index contributed by atoms with van der Waals surface area (Å²) in [5.41, 5.74) is 1.27. The van der Waals surface area contributed by atoms with Gasteiger partial charge in [0.1, 0.15) is 0 Å². The molecule has 16 heavy (non-hydrogen) atoms. The summed E-state index contributed by atoms with van der Waals surface area (Å²) in [6, 6.07) is 0. The lowest BCUT2D eigenvalue weighted by Crippen LogP contribution is -2.24. The van der Waals surface area contributed by atoms with Crippen LogP contribution < -0.4 is 5.32 Å². The first kappa shape index (κ1) is 11.6. The van der Waals surface area contributed by atoms with Gasteiger partial charge in [-0.2, -0.15) is 5.10 Å². The fourth-order valence-electron chi connectivity index (χ4n) is 2.23. The number of rotatable bonds is 6. The largest absolute Gasteiger partial charge is 0.313 e. The van der Waals surface area contributed by atoms with E-state index < -0.39 is 0 Å². The molecule has 0 aromatic carbocycles. The molecule has 1 aromatic heterocycles. The predicted octanol–water partition coefficient (Wildman–Crippen LogP) is 0.996. The third kappa shape index (κ3) is 3.61. The van der Waals surface area contributed by atoms with Crippen LogP contribution in [0.1, 0.15) is 24.8 Å². The fourth-order valence-corrected chi connectivity index (χ4v) is 2.23. The van der Waals surface area contributed by atoms with Gasteiger partial charge in [0.25, 0.3) is 0 Å². The van der Waals surface area contributed by atoms with E-state index in [0.717, 1.165) is 13.1 Å². The smallest absolute Gasteiger partial charge is 0.0534 e. The molecule has 90 valence electrons. The van der Waals surface area contributed by atoms with Crippen LogP contribution in [0.15, 0.2) is 12.4 Å². The Kier molecular flexibility index (Phi) is 4.36. The first-order valence-electron chi connectivity index (χ1n) is 6.25. The van der Waals surface area contributed by atoms with Gasteiger partial charge in [-0.25, -0.2) is 0 Å². The number of hydrogen-bond acceptors (Lipinski definition) is 3. The number of aromatic nitrogens is 2. The van der Waals surface area contributed by atoms with E-state index in [1.807, 2.05) is 17.9 Å². The maximum Gasteiger partial charge on any atom is 0.0534 e. The summed E-state index contributed by atoms with van der Waals surface area (Å²) in [6.45, 7) is 5.91. The molecule has 0 atom stereocenters.